The third kappa shape index (κ3) is 5.37. The van der Waals surface area contributed by atoms with Gasteiger partial charge in [0.2, 0.25) is 10.0 Å². The summed E-state index contributed by atoms with van der Waals surface area (Å²) in [7, 11) is 0.918. The molecule has 2 aromatic carbocycles. The van der Waals surface area contributed by atoms with Crippen LogP contribution in [0.25, 0.3) is 0 Å². The van der Waals surface area contributed by atoms with Crippen molar-refractivity contribution < 1.29 is 23.1 Å². The van der Waals surface area contributed by atoms with Gasteiger partial charge in [-0.2, -0.15) is 0 Å². The zero-order chi connectivity index (χ0) is 24.7. The van der Waals surface area contributed by atoms with E-state index in [0.717, 1.165) is 17.4 Å². The van der Waals surface area contributed by atoms with Crippen molar-refractivity contribution in [2.24, 2.45) is 0 Å². The highest BCUT2D eigenvalue weighted by Crippen LogP contribution is 2.46. The van der Waals surface area contributed by atoms with Gasteiger partial charge in [-0.15, -0.1) is 0 Å². The molecule has 1 aliphatic carbocycles. The van der Waals surface area contributed by atoms with Crippen LogP contribution in [0.2, 0.25) is 10.0 Å². The van der Waals surface area contributed by atoms with Gasteiger partial charge in [-0.3, -0.25) is 9.52 Å². The Bertz CT molecular complexity index is 1220. The number of hydrogen-bond donors (Lipinski definition) is 2. The summed E-state index contributed by atoms with van der Waals surface area (Å²) in [5, 5.41) is 10.4. The first kappa shape index (κ1) is 25.1. The summed E-state index contributed by atoms with van der Waals surface area (Å²) in [6.07, 6.45) is 0.988. The monoisotopic (exact) mass is 513 g/mol. The molecule has 0 heterocycles. The molecule has 0 radical (unpaired) electrons. The summed E-state index contributed by atoms with van der Waals surface area (Å²) >= 11 is 12.3. The van der Waals surface area contributed by atoms with Gasteiger partial charge >= 0.3 is 6.09 Å². The molecule has 0 saturated heterocycles. The molecule has 0 bridgehead atoms. The maximum absolute atomic E-state index is 13.0. The fraction of sp³-hybridized carbons (Fsp3) is 0.364. The lowest BCUT2D eigenvalue weighted by Crippen LogP contribution is -2.34. The van der Waals surface area contributed by atoms with Gasteiger partial charge in [0.25, 0.3) is 5.91 Å². The molecule has 33 heavy (non-hydrogen) atoms. The van der Waals surface area contributed by atoms with Gasteiger partial charge in [-0.1, -0.05) is 29.3 Å². The lowest BCUT2D eigenvalue weighted by atomic mass is 9.75. The Balaban J connectivity index is 2.29. The second-order valence-electron chi connectivity index (χ2n) is 8.31. The fourth-order valence-corrected chi connectivity index (χ4v) is 5.05. The van der Waals surface area contributed by atoms with Crippen LogP contribution in [0.1, 0.15) is 51.8 Å². The Morgan fingerprint density at radius 1 is 1.03 bits per heavy atom. The van der Waals surface area contributed by atoms with Crippen molar-refractivity contribution in [1.29, 1.82) is 0 Å². The van der Waals surface area contributed by atoms with Crippen molar-refractivity contribution in [2.75, 3.05) is 32.1 Å². The minimum Gasteiger partial charge on any atom is -0.465 e. The second-order valence-corrected chi connectivity index (χ2v) is 10.9. The molecule has 2 atom stereocenters. The third-order valence-electron chi connectivity index (χ3n) is 5.73. The highest BCUT2D eigenvalue weighted by Gasteiger charge is 2.34. The van der Waals surface area contributed by atoms with Gasteiger partial charge in [0, 0.05) is 27.1 Å². The molecule has 0 unspecified atom stereocenters. The average Bonchev–Trinajstić information content (AvgIpc) is 2.72. The van der Waals surface area contributed by atoms with E-state index in [1.807, 2.05) is 6.07 Å². The zero-order valence-electron chi connectivity index (χ0n) is 18.6. The van der Waals surface area contributed by atoms with Crippen LogP contribution in [-0.2, 0) is 10.0 Å². The zero-order valence-corrected chi connectivity index (χ0v) is 20.9. The number of anilines is 1. The van der Waals surface area contributed by atoms with Gasteiger partial charge in [0.1, 0.15) is 0 Å². The number of benzene rings is 2. The van der Waals surface area contributed by atoms with Gasteiger partial charge in [-0.05, 0) is 53.8 Å². The lowest BCUT2D eigenvalue weighted by molar-refractivity contribution is 0.0828. The molecular weight excluding hydrogens is 489 g/mol. The smallest absolute Gasteiger partial charge is 0.407 e. The number of fused-ring (bicyclic) bond motifs is 1. The summed E-state index contributed by atoms with van der Waals surface area (Å²) in [5.41, 5.74) is 2.52. The van der Waals surface area contributed by atoms with Crippen molar-refractivity contribution in [2.45, 2.75) is 24.8 Å². The summed E-state index contributed by atoms with van der Waals surface area (Å²) in [6.45, 7) is 0. The summed E-state index contributed by atoms with van der Waals surface area (Å²) in [5.74, 6) is -0.570. The van der Waals surface area contributed by atoms with Gasteiger partial charge < -0.3 is 14.9 Å². The molecule has 178 valence electrons. The number of rotatable bonds is 5. The number of carbonyl (C=O) groups excluding carboxylic acids is 1. The number of nitrogens with zero attached hydrogens (tertiary/aromatic N) is 2. The van der Waals surface area contributed by atoms with Crippen LogP contribution in [-0.4, -0.2) is 62.7 Å². The standard InChI is InChI=1S/C22H25Cl2N3O5S/c1-26(2)21(28)16-10-14-13(12-5-7-17(23)18(24)9-12)6-8-20(27(3)22(29)30)15(14)11-19(16)25-33(4,31)32/h5,7,9-11,13,20,25H,6,8H2,1-4H3,(H,29,30)/t13-,20-/m0/s1. The number of carboxylic acid groups (broad SMARTS) is 1. The summed E-state index contributed by atoms with van der Waals surface area (Å²) in [4.78, 5) is 27.2. The largest absolute Gasteiger partial charge is 0.465 e. The number of hydrogen-bond acceptors (Lipinski definition) is 4. The number of sulfonamides is 1. The molecule has 0 fully saturated rings. The number of amides is 2. The predicted octanol–water partition coefficient (Wildman–Crippen LogP) is 4.64. The molecule has 0 aromatic heterocycles. The highest BCUT2D eigenvalue weighted by atomic mass is 35.5. The van der Waals surface area contributed by atoms with E-state index in [0.29, 0.717) is 28.5 Å². The van der Waals surface area contributed by atoms with Gasteiger partial charge in [0.05, 0.1) is 33.6 Å². The van der Waals surface area contributed by atoms with E-state index in [2.05, 4.69) is 4.72 Å². The van der Waals surface area contributed by atoms with Crippen LogP contribution in [0, 0.1) is 0 Å². The molecule has 2 amide bonds. The number of halogens is 2. The molecule has 2 N–H and O–H groups in total. The minimum absolute atomic E-state index is 0.105. The normalized spacial score (nSPS) is 17.8. The van der Waals surface area contributed by atoms with Crippen LogP contribution in [0.3, 0.4) is 0 Å². The summed E-state index contributed by atoms with van der Waals surface area (Å²) < 4.78 is 26.5. The van der Waals surface area contributed by atoms with Crippen LogP contribution >= 0.6 is 23.2 Å². The van der Waals surface area contributed by atoms with Crippen molar-refractivity contribution >= 4 is 50.9 Å². The van der Waals surface area contributed by atoms with Crippen molar-refractivity contribution in [3.05, 3.63) is 62.6 Å². The van der Waals surface area contributed by atoms with Crippen LogP contribution in [0.5, 0.6) is 0 Å². The van der Waals surface area contributed by atoms with E-state index in [4.69, 9.17) is 23.2 Å². The van der Waals surface area contributed by atoms with E-state index in [1.165, 1.54) is 16.8 Å². The molecule has 2 aromatic rings. The van der Waals surface area contributed by atoms with Crippen LogP contribution in [0.4, 0.5) is 10.5 Å². The van der Waals surface area contributed by atoms with Gasteiger partial charge in [0.15, 0.2) is 0 Å². The molecular formula is C22H25Cl2N3O5S. The minimum atomic E-state index is -3.70. The van der Waals surface area contributed by atoms with Crippen molar-refractivity contribution in [3.63, 3.8) is 0 Å². The first-order valence-corrected chi connectivity index (χ1v) is 12.7. The van der Waals surface area contributed by atoms with E-state index in [9.17, 15) is 23.1 Å². The van der Waals surface area contributed by atoms with Crippen molar-refractivity contribution in [1.82, 2.24) is 9.80 Å². The quantitative estimate of drug-likeness (QED) is 0.605. The number of nitrogens with one attached hydrogen (secondary N) is 1. The topological polar surface area (TPSA) is 107 Å². The Morgan fingerprint density at radius 3 is 2.24 bits per heavy atom. The first-order valence-electron chi connectivity index (χ1n) is 10.1. The molecule has 1 aliphatic rings. The Kier molecular flexibility index (Phi) is 7.16. The Labute approximate surface area is 203 Å². The predicted molar refractivity (Wildman–Crippen MR) is 129 cm³/mol. The first-order chi connectivity index (χ1) is 15.3. The molecule has 11 heteroatoms. The summed E-state index contributed by atoms with van der Waals surface area (Å²) in [6, 6.07) is 8.01. The van der Waals surface area contributed by atoms with Crippen LogP contribution < -0.4 is 4.72 Å². The van der Waals surface area contributed by atoms with E-state index < -0.39 is 22.2 Å². The second kappa shape index (κ2) is 9.40. The SMILES string of the molecule is CN(C)C(=O)c1cc2c(cc1NS(C)(=O)=O)[C@@H](N(C)C(=O)O)CC[C@H]2c1ccc(Cl)c(Cl)c1. The molecule has 8 nitrogen and oxygen atoms in total. The average molecular weight is 514 g/mol. The molecule has 3 rings (SSSR count). The third-order valence-corrected chi connectivity index (χ3v) is 7.06. The molecule has 0 spiro atoms. The van der Waals surface area contributed by atoms with Gasteiger partial charge in [-0.25, -0.2) is 13.2 Å². The lowest BCUT2D eigenvalue weighted by Gasteiger charge is -2.37. The fourth-order valence-electron chi connectivity index (χ4n) is 4.17. The van der Waals surface area contributed by atoms with E-state index in [-0.39, 0.29) is 23.1 Å². The Morgan fingerprint density at radius 2 is 1.70 bits per heavy atom. The molecule has 0 aliphatic heterocycles. The van der Waals surface area contributed by atoms with E-state index in [1.54, 1.807) is 38.4 Å². The maximum Gasteiger partial charge on any atom is 0.407 e. The van der Waals surface area contributed by atoms with Crippen LogP contribution in [0.15, 0.2) is 30.3 Å². The highest BCUT2D eigenvalue weighted by molar-refractivity contribution is 7.92. The Hall–Kier alpha value is -2.49. The molecule has 0 saturated carbocycles. The number of carbonyl (C=O) groups is 2. The maximum atomic E-state index is 13.0. The van der Waals surface area contributed by atoms with E-state index >= 15 is 0 Å². The van der Waals surface area contributed by atoms with Crippen molar-refractivity contribution in [3.8, 4) is 0 Å².